The van der Waals surface area contributed by atoms with Gasteiger partial charge in [-0.1, -0.05) is 12.2 Å². The molecular formula is C8H13N. The van der Waals surface area contributed by atoms with E-state index in [4.69, 9.17) is 5.73 Å². The van der Waals surface area contributed by atoms with Crippen molar-refractivity contribution in [3.8, 4) is 0 Å². The Bertz CT molecular complexity index is 134. The number of nitrogens with two attached hydrogens (primary N) is 1. The predicted molar refractivity (Wildman–Crippen MR) is 39.9 cm³/mol. The molecule has 0 unspecified atom stereocenters. The van der Waals surface area contributed by atoms with Crippen molar-refractivity contribution in [2.75, 3.05) is 0 Å². The average Bonchev–Trinajstić information content (AvgIpc) is 1.79. The topological polar surface area (TPSA) is 26.0 Å². The minimum absolute atomic E-state index is 1.02. The molecule has 0 bridgehead atoms. The Balaban J connectivity index is 2.48. The third-order valence-electron chi connectivity index (χ3n) is 1.53. The van der Waals surface area contributed by atoms with E-state index in [0.717, 1.165) is 12.1 Å². The van der Waals surface area contributed by atoms with Crippen molar-refractivity contribution >= 4 is 0 Å². The Kier molecular flexibility index (Phi) is 2.37. The molecule has 0 atom stereocenters. The molecule has 0 fully saturated rings. The van der Waals surface area contributed by atoms with Gasteiger partial charge < -0.3 is 5.73 Å². The van der Waals surface area contributed by atoms with Crippen molar-refractivity contribution in [2.45, 2.75) is 25.7 Å². The molecule has 0 saturated heterocycles. The average molecular weight is 123 g/mol. The van der Waals surface area contributed by atoms with Crippen LogP contribution in [0.25, 0.3) is 0 Å². The van der Waals surface area contributed by atoms with E-state index >= 15 is 0 Å². The standard InChI is InChI=1S/C8H13N/c9-8-6-4-2-1-3-5-7-8/h2,4,6H,1,3,5,7,9H2/b4-2-,8-6+. The van der Waals surface area contributed by atoms with Gasteiger partial charge in [-0.15, -0.1) is 0 Å². The molecule has 1 rings (SSSR count). The highest BCUT2D eigenvalue weighted by Gasteiger charge is 1.91. The zero-order valence-corrected chi connectivity index (χ0v) is 5.64. The molecule has 0 heterocycles. The van der Waals surface area contributed by atoms with Gasteiger partial charge in [-0.3, -0.25) is 0 Å². The van der Waals surface area contributed by atoms with Gasteiger partial charge in [-0.05, 0) is 31.8 Å². The molecule has 0 aromatic rings. The third kappa shape index (κ3) is 2.36. The van der Waals surface area contributed by atoms with Gasteiger partial charge in [0.1, 0.15) is 0 Å². The molecule has 0 aliphatic heterocycles. The summed E-state index contributed by atoms with van der Waals surface area (Å²) in [6.07, 6.45) is 11.0. The van der Waals surface area contributed by atoms with Crippen LogP contribution in [0.2, 0.25) is 0 Å². The maximum Gasteiger partial charge on any atom is 0.00803 e. The molecule has 50 valence electrons. The Morgan fingerprint density at radius 3 is 3.11 bits per heavy atom. The fourth-order valence-electron chi connectivity index (χ4n) is 0.963. The van der Waals surface area contributed by atoms with Crippen LogP contribution in [0.5, 0.6) is 0 Å². The van der Waals surface area contributed by atoms with Gasteiger partial charge in [0.05, 0.1) is 0 Å². The summed E-state index contributed by atoms with van der Waals surface area (Å²) < 4.78 is 0. The maximum atomic E-state index is 5.61. The number of rotatable bonds is 0. The second kappa shape index (κ2) is 3.33. The van der Waals surface area contributed by atoms with Crippen LogP contribution >= 0.6 is 0 Å². The first kappa shape index (κ1) is 6.40. The Labute approximate surface area is 56.2 Å². The SMILES string of the molecule is N/C1=C/C=C\CCCC1. The van der Waals surface area contributed by atoms with Crippen molar-refractivity contribution in [1.29, 1.82) is 0 Å². The van der Waals surface area contributed by atoms with Crippen LogP contribution in [0.15, 0.2) is 23.9 Å². The van der Waals surface area contributed by atoms with Crippen LogP contribution in [-0.4, -0.2) is 0 Å². The molecule has 0 radical (unpaired) electrons. The fraction of sp³-hybridized carbons (Fsp3) is 0.500. The fourth-order valence-corrected chi connectivity index (χ4v) is 0.963. The van der Waals surface area contributed by atoms with Crippen molar-refractivity contribution in [2.24, 2.45) is 5.73 Å². The first-order valence-corrected chi connectivity index (χ1v) is 3.51. The van der Waals surface area contributed by atoms with Crippen molar-refractivity contribution in [3.63, 3.8) is 0 Å². The second-order valence-corrected chi connectivity index (χ2v) is 2.42. The van der Waals surface area contributed by atoms with E-state index in [1.807, 2.05) is 6.08 Å². The lowest BCUT2D eigenvalue weighted by atomic mass is 10.1. The summed E-state index contributed by atoms with van der Waals surface area (Å²) in [5, 5.41) is 0. The molecule has 0 saturated carbocycles. The van der Waals surface area contributed by atoms with E-state index in [-0.39, 0.29) is 0 Å². The molecule has 0 aromatic heterocycles. The van der Waals surface area contributed by atoms with E-state index in [9.17, 15) is 0 Å². The first-order chi connectivity index (χ1) is 4.39. The molecule has 1 aliphatic carbocycles. The lowest BCUT2D eigenvalue weighted by molar-refractivity contribution is 0.733. The summed E-state index contributed by atoms with van der Waals surface area (Å²) in [4.78, 5) is 0. The van der Waals surface area contributed by atoms with E-state index in [0.29, 0.717) is 0 Å². The van der Waals surface area contributed by atoms with Gasteiger partial charge >= 0.3 is 0 Å². The quantitative estimate of drug-likeness (QED) is 0.523. The lowest BCUT2D eigenvalue weighted by Crippen LogP contribution is -1.96. The smallest absolute Gasteiger partial charge is 0.00803 e. The van der Waals surface area contributed by atoms with Crippen molar-refractivity contribution in [1.82, 2.24) is 0 Å². The third-order valence-corrected chi connectivity index (χ3v) is 1.53. The van der Waals surface area contributed by atoms with Gasteiger partial charge in [0, 0.05) is 5.70 Å². The molecule has 2 N–H and O–H groups in total. The van der Waals surface area contributed by atoms with Crippen molar-refractivity contribution in [3.05, 3.63) is 23.9 Å². The largest absolute Gasteiger partial charge is 0.402 e. The van der Waals surface area contributed by atoms with Crippen LogP contribution in [0.1, 0.15) is 25.7 Å². The van der Waals surface area contributed by atoms with Crippen LogP contribution in [0, 0.1) is 0 Å². The normalized spacial score (nSPS) is 29.6. The number of hydrogen-bond acceptors (Lipinski definition) is 1. The van der Waals surface area contributed by atoms with E-state index in [1.54, 1.807) is 0 Å². The first-order valence-electron chi connectivity index (χ1n) is 3.51. The Morgan fingerprint density at radius 2 is 2.22 bits per heavy atom. The highest BCUT2D eigenvalue weighted by atomic mass is 14.6. The molecule has 1 aliphatic rings. The molecule has 1 heteroatoms. The summed E-state index contributed by atoms with van der Waals surface area (Å²) in [6, 6.07) is 0. The molecule has 9 heavy (non-hydrogen) atoms. The maximum absolute atomic E-state index is 5.61. The highest BCUT2D eigenvalue weighted by Crippen LogP contribution is 2.08. The van der Waals surface area contributed by atoms with Gasteiger partial charge in [0.2, 0.25) is 0 Å². The minimum atomic E-state index is 1.02. The second-order valence-electron chi connectivity index (χ2n) is 2.42. The Hall–Kier alpha value is -0.720. The number of hydrogen-bond donors (Lipinski definition) is 1. The van der Waals surface area contributed by atoms with Gasteiger partial charge in [0.25, 0.3) is 0 Å². The summed E-state index contributed by atoms with van der Waals surface area (Å²) in [5.74, 6) is 0. The minimum Gasteiger partial charge on any atom is -0.402 e. The predicted octanol–water partition coefficient (Wildman–Crippen LogP) is 1.96. The summed E-state index contributed by atoms with van der Waals surface area (Å²) >= 11 is 0. The van der Waals surface area contributed by atoms with Crippen molar-refractivity contribution < 1.29 is 0 Å². The van der Waals surface area contributed by atoms with Crippen LogP contribution in [-0.2, 0) is 0 Å². The zero-order chi connectivity index (χ0) is 6.53. The van der Waals surface area contributed by atoms with Crippen LogP contribution in [0.4, 0.5) is 0 Å². The molecule has 0 spiro atoms. The van der Waals surface area contributed by atoms with E-state index in [2.05, 4.69) is 12.2 Å². The molecular weight excluding hydrogens is 110 g/mol. The van der Waals surface area contributed by atoms with E-state index in [1.165, 1.54) is 19.3 Å². The number of allylic oxidation sites excluding steroid dienone is 4. The molecule has 0 aromatic carbocycles. The van der Waals surface area contributed by atoms with Crippen LogP contribution < -0.4 is 5.73 Å². The summed E-state index contributed by atoms with van der Waals surface area (Å²) in [7, 11) is 0. The zero-order valence-electron chi connectivity index (χ0n) is 5.64. The monoisotopic (exact) mass is 123 g/mol. The van der Waals surface area contributed by atoms with Crippen LogP contribution in [0.3, 0.4) is 0 Å². The van der Waals surface area contributed by atoms with E-state index < -0.39 is 0 Å². The lowest BCUT2D eigenvalue weighted by Gasteiger charge is -2.01. The van der Waals surface area contributed by atoms with Gasteiger partial charge in [-0.25, -0.2) is 0 Å². The highest BCUT2D eigenvalue weighted by molar-refractivity contribution is 5.10. The van der Waals surface area contributed by atoms with Gasteiger partial charge in [-0.2, -0.15) is 0 Å². The molecule has 1 nitrogen and oxygen atoms in total. The van der Waals surface area contributed by atoms with Gasteiger partial charge in [0.15, 0.2) is 0 Å². The summed E-state index contributed by atoms with van der Waals surface area (Å²) in [6.45, 7) is 0. The Morgan fingerprint density at radius 1 is 1.33 bits per heavy atom. The molecule has 0 amide bonds. The summed E-state index contributed by atoms with van der Waals surface area (Å²) in [5.41, 5.74) is 6.63.